The van der Waals surface area contributed by atoms with Crippen molar-refractivity contribution in [3.8, 4) is 0 Å². The molecular weight excluding hydrogens is 566 g/mol. The molecule has 2 N–H and O–H groups in total. The lowest BCUT2D eigenvalue weighted by Gasteiger charge is -2.50. The molecule has 43 heavy (non-hydrogen) atoms. The molecule has 1 spiro atoms. The van der Waals surface area contributed by atoms with E-state index in [1.807, 2.05) is 11.8 Å². The van der Waals surface area contributed by atoms with E-state index in [0.717, 1.165) is 37.1 Å². The minimum absolute atomic E-state index is 0.0220. The highest BCUT2D eigenvalue weighted by molar-refractivity contribution is 7.13. The van der Waals surface area contributed by atoms with E-state index in [9.17, 15) is 19.2 Å². The SMILES string of the molecule is CNC(=O)[C@@H](NC(=O)[C@@H]1CN(C(=O)c2cnc(C3CC3)s2)CC12CN(C(=O)[C@H]1CC1(C)C)C2)[C@@H](C)OCC1CCCCC1. The second-order valence-corrected chi connectivity index (χ2v) is 15.6. The van der Waals surface area contributed by atoms with Crippen LogP contribution in [0.2, 0.25) is 0 Å². The third-order valence-corrected chi connectivity index (χ3v) is 11.8. The van der Waals surface area contributed by atoms with Crippen LogP contribution in [-0.4, -0.2) is 90.4 Å². The number of nitrogens with zero attached hydrogens (tertiary/aromatic N) is 3. The number of thiazole rings is 1. The zero-order valence-corrected chi connectivity index (χ0v) is 26.8. The van der Waals surface area contributed by atoms with Gasteiger partial charge < -0.3 is 25.2 Å². The van der Waals surface area contributed by atoms with Gasteiger partial charge in [0, 0.05) is 57.1 Å². The maximum atomic E-state index is 14.0. The quantitative estimate of drug-likeness (QED) is 0.418. The van der Waals surface area contributed by atoms with E-state index in [1.54, 1.807) is 18.1 Å². The van der Waals surface area contributed by atoms with Gasteiger partial charge in [0.25, 0.3) is 5.91 Å². The second-order valence-electron chi connectivity index (χ2n) is 14.5. The van der Waals surface area contributed by atoms with Crippen molar-refractivity contribution in [3.05, 3.63) is 16.1 Å². The standard InChI is InChI=1S/C32H47N5O5S/c1-19(42-15-20-8-6-5-7-9-20)25(27(39)33-4)35-26(38)23-14-36(30(41)24-13-34-28(43-24)21-10-11-21)16-32(23)17-37(18-32)29(40)22-12-31(22,2)3/h13,19-23,25H,5-12,14-18H2,1-4H3,(H,33,39)(H,35,38)/t19-,22-,23+,25+/m1/s1. The van der Waals surface area contributed by atoms with Crippen molar-refractivity contribution in [2.75, 3.05) is 39.8 Å². The van der Waals surface area contributed by atoms with Crippen molar-refractivity contribution in [3.63, 3.8) is 0 Å². The normalized spacial score (nSPS) is 27.3. The lowest BCUT2D eigenvalue weighted by Crippen LogP contribution is -2.65. The van der Waals surface area contributed by atoms with E-state index in [2.05, 4.69) is 29.5 Å². The van der Waals surface area contributed by atoms with E-state index in [-0.39, 0.29) is 41.5 Å². The van der Waals surface area contributed by atoms with Gasteiger partial charge in [0.1, 0.15) is 10.9 Å². The Bertz CT molecular complexity index is 1250. The monoisotopic (exact) mass is 613 g/mol. The lowest BCUT2D eigenvalue weighted by atomic mass is 9.70. The molecule has 6 rings (SSSR count). The van der Waals surface area contributed by atoms with Gasteiger partial charge >= 0.3 is 0 Å². The van der Waals surface area contributed by atoms with Gasteiger partial charge in [0.15, 0.2) is 0 Å². The van der Waals surface area contributed by atoms with Crippen molar-refractivity contribution in [1.82, 2.24) is 25.4 Å². The first kappa shape index (κ1) is 30.5. The Hall–Kier alpha value is -2.53. The molecule has 3 heterocycles. The molecule has 3 aliphatic carbocycles. The first-order valence-electron chi connectivity index (χ1n) is 16.2. The molecule has 2 aliphatic heterocycles. The predicted molar refractivity (Wildman–Crippen MR) is 162 cm³/mol. The summed E-state index contributed by atoms with van der Waals surface area (Å²) in [4.78, 5) is 62.5. The Balaban J connectivity index is 1.16. The molecule has 0 radical (unpaired) electrons. The average molecular weight is 614 g/mol. The van der Waals surface area contributed by atoms with Crippen LogP contribution in [-0.2, 0) is 19.1 Å². The minimum Gasteiger partial charge on any atom is -0.376 e. The van der Waals surface area contributed by atoms with Crippen molar-refractivity contribution in [1.29, 1.82) is 0 Å². The average Bonchev–Trinajstić information content (AvgIpc) is 3.82. The third kappa shape index (κ3) is 6.21. The van der Waals surface area contributed by atoms with Crippen LogP contribution >= 0.6 is 11.3 Å². The van der Waals surface area contributed by atoms with Gasteiger partial charge in [0.2, 0.25) is 17.7 Å². The molecule has 5 fully saturated rings. The van der Waals surface area contributed by atoms with Crippen molar-refractivity contribution in [2.24, 2.45) is 28.6 Å². The summed E-state index contributed by atoms with van der Waals surface area (Å²) in [6.45, 7) is 8.16. The van der Waals surface area contributed by atoms with Crippen molar-refractivity contribution in [2.45, 2.75) is 90.2 Å². The zero-order valence-electron chi connectivity index (χ0n) is 26.0. The van der Waals surface area contributed by atoms with Crippen LogP contribution in [0.25, 0.3) is 0 Å². The number of ether oxygens (including phenoxy) is 1. The van der Waals surface area contributed by atoms with Crippen LogP contribution < -0.4 is 10.6 Å². The summed E-state index contributed by atoms with van der Waals surface area (Å²) < 4.78 is 6.17. The zero-order chi connectivity index (χ0) is 30.5. The molecule has 4 atom stereocenters. The van der Waals surface area contributed by atoms with Gasteiger partial charge in [-0.1, -0.05) is 33.1 Å². The molecule has 11 heteroatoms. The van der Waals surface area contributed by atoms with Gasteiger partial charge in [-0.15, -0.1) is 11.3 Å². The van der Waals surface area contributed by atoms with Gasteiger partial charge in [-0.2, -0.15) is 0 Å². The molecule has 1 aromatic rings. The highest BCUT2D eigenvalue weighted by atomic mass is 32.1. The smallest absolute Gasteiger partial charge is 0.265 e. The molecule has 4 amide bonds. The summed E-state index contributed by atoms with van der Waals surface area (Å²) in [5.74, 6) is -0.102. The van der Waals surface area contributed by atoms with E-state index < -0.39 is 23.5 Å². The number of nitrogens with one attached hydrogen (secondary N) is 2. The van der Waals surface area contributed by atoms with Crippen LogP contribution in [0.5, 0.6) is 0 Å². The summed E-state index contributed by atoms with van der Waals surface area (Å²) in [7, 11) is 1.56. The van der Waals surface area contributed by atoms with Crippen LogP contribution in [0.15, 0.2) is 6.20 Å². The van der Waals surface area contributed by atoms with E-state index >= 15 is 0 Å². The highest BCUT2D eigenvalue weighted by Gasteiger charge is 2.62. The molecule has 3 saturated carbocycles. The topological polar surface area (TPSA) is 121 Å². The number of amides is 4. The molecule has 1 aromatic heterocycles. The number of carbonyl (C=O) groups excluding carboxylic acids is 4. The van der Waals surface area contributed by atoms with Gasteiger partial charge in [-0.05, 0) is 50.4 Å². The molecule has 0 aromatic carbocycles. The Kier molecular flexibility index (Phi) is 8.34. The number of rotatable bonds is 10. The summed E-state index contributed by atoms with van der Waals surface area (Å²) in [5, 5.41) is 6.71. The fourth-order valence-corrected chi connectivity index (χ4v) is 8.44. The van der Waals surface area contributed by atoms with Crippen LogP contribution in [0.3, 0.4) is 0 Å². The maximum absolute atomic E-state index is 14.0. The largest absolute Gasteiger partial charge is 0.376 e. The Morgan fingerprint density at radius 2 is 1.72 bits per heavy atom. The van der Waals surface area contributed by atoms with Gasteiger partial charge in [-0.3, -0.25) is 19.2 Å². The summed E-state index contributed by atoms with van der Waals surface area (Å²) in [6.07, 6.45) is 10.2. The Morgan fingerprint density at radius 1 is 1.05 bits per heavy atom. The van der Waals surface area contributed by atoms with Crippen LogP contribution in [0.1, 0.15) is 92.7 Å². The van der Waals surface area contributed by atoms with E-state index in [1.165, 1.54) is 30.6 Å². The minimum atomic E-state index is -0.851. The molecule has 0 bridgehead atoms. The maximum Gasteiger partial charge on any atom is 0.265 e. The fourth-order valence-electron chi connectivity index (χ4n) is 7.39. The molecule has 2 saturated heterocycles. The summed E-state index contributed by atoms with van der Waals surface area (Å²) in [6, 6.07) is -0.851. The third-order valence-electron chi connectivity index (χ3n) is 10.7. The highest BCUT2D eigenvalue weighted by Crippen LogP contribution is 2.55. The van der Waals surface area contributed by atoms with Crippen LogP contribution in [0.4, 0.5) is 0 Å². The second kappa shape index (κ2) is 11.8. The summed E-state index contributed by atoms with van der Waals surface area (Å²) in [5.41, 5.74) is -0.522. The Morgan fingerprint density at radius 3 is 2.35 bits per heavy atom. The number of likely N-dealkylation sites (tertiary alicyclic amines) is 2. The summed E-state index contributed by atoms with van der Waals surface area (Å²) >= 11 is 1.45. The molecule has 236 valence electrons. The number of likely N-dealkylation sites (N-methyl/N-ethyl adjacent to an activating group) is 1. The molecule has 0 unspecified atom stereocenters. The van der Waals surface area contributed by atoms with E-state index in [0.29, 0.717) is 43.0 Å². The van der Waals surface area contributed by atoms with Gasteiger partial charge in [-0.25, -0.2) is 4.98 Å². The van der Waals surface area contributed by atoms with E-state index in [4.69, 9.17) is 4.74 Å². The first-order chi connectivity index (χ1) is 20.5. The predicted octanol–water partition coefficient (Wildman–Crippen LogP) is 3.18. The fraction of sp³-hybridized carbons (Fsp3) is 0.781. The van der Waals surface area contributed by atoms with Crippen molar-refractivity contribution >= 4 is 35.0 Å². The number of hydrogen-bond donors (Lipinski definition) is 2. The lowest BCUT2D eigenvalue weighted by molar-refractivity contribution is -0.152. The van der Waals surface area contributed by atoms with Crippen molar-refractivity contribution < 1.29 is 23.9 Å². The Labute approximate surface area is 258 Å². The first-order valence-corrected chi connectivity index (χ1v) is 17.0. The molecule has 10 nitrogen and oxygen atoms in total. The molecular formula is C32H47N5O5S. The molecule has 5 aliphatic rings. The number of carbonyl (C=O) groups is 4. The van der Waals surface area contributed by atoms with Gasteiger partial charge in [0.05, 0.1) is 23.2 Å². The number of hydrogen-bond acceptors (Lipinski definition) is 7. The number of aromatic nitrogens is 1. The van der Waals surface area contributed by atoms with Crippen LogP contribution in [0, 0.1) is 28.6 Å².